The molecule has 0 spiro atoms. The fourth-order valence-corrected chi connectivity index (χ4v) is 3.37. The van der Waals surface area contributed by atoms with Gasteiger partial charge >= 0.3 is 5.97 Å². The summed E-state index contributed by atoms with van der Waals surface area (Å²) in [6, 6.07) is 6.51. The van der Waals surface area contributed by atoms with E-state index < -0.39 is 17.9 Å². The molecule has 3 aromatic rings. The van der Waals surface area contributed by atoms with E-state index in [-0.39, 0.29) is 17.4 Å². The van der Waals surface area contributed by atoms with Gasteiger partial charge in [-0.3, -0.25) is 9.59 Å². The highest BCUT2D eigenvalue weighted by molar-refractivity contribution is 7.12. The Labute approximate surface area is 139 Å². The van der Waals surface area contributed by atoms with Crippen LogP contribution in [0.25, 0.3) is 10.9 Å². The molecule has 1 amide bonds. The molecule has 1 fully saturated rings. The molecule has 2 aromatic heterocycles. The molecule has 120 valence electrons. The van der Waals surface area contributed by atoms with E-state index in [1.165, 1.54) is 0 Å². The normalized spacial score (nSPS) is 17.6. The van der Waals surface area contributed by atoms with Gasteiger partial charge in [-0.05, 0) is 6.07 Å². The maximum atomic E-state index is 12.7. The molecular weight excluding hydrogens is 330 g/mol. The first-order valence-corrected chi connectivity index (χ1v) is 8.03. The van der Waals surface area contributed by atoms with Gasteiger partial charge in [-0.15, -0.1) is 11.3 Å². The minimum atomic E-state index is -0.966. The smallest absolute Gasteiger partial charge is 0.335 e. The Morgan fingerprint density at radius 2 is 2.12 bits per heavy atom. The number of thiazole rings is 1. The highest BCUT2D eigenvalue weighted by Gasteiger charge is 2.32. The van der Waals surface area contributed by atoms with Gasteiger partial charge in [-0.1, -0.05) is 18.2 Å². The van der Waals surface area contributed by atoms with Crippen molar-refractivity contribution in [2.75, 3.05) is 6.61 Å². The number of benzene rings is 1. The van der Waals surface area contributed by atoms with Crippen LogP contribution in [-0.4, -0.2) is 34.2 Å². The van der Waals surface area contributed by atoms with Gasteiger partial charge in [0.25, 0.3) is 5.91 Å². The summed E-state index contributed by atoms with van der Waals surface area (Å²) in [5.74, 6) is -1.21. The molecular formula is C16H11N3O4S. The lowest BCUT2D eigenvalue weighted by Gasteiger charge is -2.20. The van der Waals surface area contributed by atoms with Gasteiger partial charge in [0.1, 0.15) is 0 Å². The zero-order valence-electron chi connectivity index (χ0n) is 12.2. The summed E-state index contributed by atoms with van der Waals surface area (Å²) in [4.78, 5) is 43.1. The Morgan fingerprint density at radius 3 is 3.00 bits per heavy atom. The number of aromatic amines is 1. The van der Waals surface area contributed by atoms with Crippen LogP contribution in [0.1, 0.15) is 27.1 Å². The Hall–Kier alpha value is -3.00. The van der Waals surface area contributed by atoms with Crippen LogP contribution in [0.3, 0.4) is 0 Å². The number of carbonyl (C=O) groups is 3. The molecule has 1 atom stereocenters. The van der Waals surface area contributed by atoms with Crippen molar-refractivity contribution in [3.8, 4) is 0 Å². The second-order valence-corrected chi connectivity index (χ2v) is 6.12. The summed E-state index contributed by atoms with van der Waals surface area (Å²) in [7, 11) is 0. The van der Waals surface area contributed by atoms with Crippen LogP contribution in [0.15, 0.2) is 35.8 Å². The van der Waals surface area contributed by atoms with E-state index in [1.54, 1.807) is 11.6 Å². The molecule has 0 bridgehead atoms. The molecule has 3 heterocycles. The third-order valence-corrected chi connectivity index (χ3v) is 4.59. The first-order valence-electron chi connectivity index (χ1n) is 7.16. The second kappa shape index (κ2) is 5.57. The number of nitrogens with one attached hydrogen (secondary N) is 2. The number of aromatic nitrogens is 2. The van der Waals surface area contributed by atoms with Crippen molar-refractivity contribution in [3.63, 3.8) is 0 Å². The number of fused-ring (bicyclic) bond motifs is 1. The molecule has 2 N–H and O–H groups in total. The van der Waals surface area contributed by atoms with E-state index in [4.69, 9.17) is 4.74 Å². The van der Waals surface area contributed by atoms with Crippen LogP contribution in [0.4, 0.5) is 0 Å². The summed E-state index contributed by atoms with van der Waals surface area (Å²) in [6.45, 7) is -0.291. The number of amides is 1. The lowest BCUT2D eigenvalue weighted by Crippen LogP contribution is -2.43. The Morgan fingerprint density at radius 1 is 1.29 bits per heavy atom. The quantitative estimate of drug-likeness (QED) is 0.556. The van der Waals surface area contributed by atoms with Gasteiger partial charge < -0.3 is 15.0 Å². The number of H-pyrrole nitrogens is 1. The molecule has 1 aromatic carbocycles. The zero-order chi connectivity index (χ0) is 16.7. The maximum Gasteiger partial charge on any atom is 0.335 e. The number of ether oxygens (including phenoxy) is 1. The van der Waals surface area contributed by atoms with Gasteiger partial charge in [0, 0.05) is 22.5 Å². The van der Waals surface area contributed by atoms with Crippen molar-refractivity contribution in [2.24, 2.45) is 0 Å². The molecule has 24 heavy (non-hydrogen) atoms. The number of nitrogens with zero attached hydrogens (tertiary/aromatic N) is 1. The van der Waals surface area contributed by atoms with Crippen molar-refractivity contribution in [3.05, 3.63) is 52.1 Å². The van der Waals surface area contributed by atoms with Crippen LogP contribution >= 0.6 is 11.3 Å². The Balaban J connectivity index is 1.66. The van der Waals surface area contributed by atoms with E-state index in [0.717, 1.165) is 22.2 Å². The zero-order valence-corrected chi connectivity index (χ0v) is 13.1. The largest absolute Gasteiger partial charge is 0.454 e. The minimum absolute atomic E-state index is 0.237. The number of para-hydroxylation sites is 1. The number of rotatable bonds is 3. The SMILES string of the molecule is O=C1COC(=O)C(c2csc(C(=O)c3c[nH]c4ccccc34)n2)N1. The van der Waals surface area contributed by atoms with E-state index in [1.807, 2.05) is 24.3 Å². The maximum absolute atomic E-state index is 12.7. The van der Waals surface area contributed by atoms with Gasteiger partial charge in [0.05, 0.1) is 11.3 Å². The number of hydrogen-bond donors (Lipinski definition) is 2. The summed E-state index contributed by atoms with van der Waals surface area (Å²) in [6.07, 6.45) is 1.64. The van der Waals surface area contributed by atoms with E-state index in [0.29, 0.717) is 11.3 Å². The molecule has 4 rings (SSSR count). The van der Waals surface area contributed by atoms with Crippen LogP contribution in [0.2, 0.25) is 0 Å². The second-order valence-electron chi connectivity index (χ2n) is 5.26. The predicted molar refractivity (Wildman–Crippen MR) is 85.7 cm³/mol. The van der Waals surface area contributed by atoms with E-state index >= 15 is 0 Å². The number of hydrogen-bond acceptors (Lipinski definition) is 6. The van der Waals surface area contributed by atoms with Crippen LogP contribution in [-0.2, 0) is 14.3 Å². The molecule has 1 aliphatic rings. The summed E-state index contributed by atoms with van der Waals surface area (Å²) < 4.78 is 4.78. The average molecular weight is 341 g/mol. The van der Waals surface area contributed by atoms with Gasteiger partial charge in [0.2, 0.25) is 5.78 Å². The van der Waals surface area contributed by atoms with Crippen LogP contribution in [0, 0.1) is 0 Å². The van der Waals surface area contributed by atoms with Crippen molar-refractivity contribution >= 4 is 39.9 Å². The van der Waals surface area contributed by atoms with Crippen LogP contribution < -0.4 is 5.32 Å². The number of morpholine rings is 1. The fraction of sp³-hybridized carbons (Fsp3) is 0.125. The number of ketones is 1. The predicted octanol–water partition coefficient (Wildman–Crippen LogP) is 1.57. The minimum Gasteiger partial charge on any atom is -0.454 e. The lowest BCUT2D eigenvalue weighted by atomic mass is 10.1. The highest BCUT2D eigenvalue weighted by atomic mass is 32.1. The number of carbonyl (C=O) groups excluding carboxylic acids is 3. The molecule has 8 heteroatoms. The topological polar surface area (TPSA) is 101 Å². The van der Waals surface area contributed by atoms with Gasteiger partial charge in [-0.2, -0.15) is 0 Å². The summed E-state index contributed by atoms with van der Waals surface area (Å²) >= 11 is 1.13. The molecule has 0 radical (unpaired) electrons. The average Bonchev–Trinajstić information content (AvgIpc) is 3.23. The summed E-state index contributed by atoms with van der Waals surface area (Å²) in [5.41, 5.74) is 1.68. The molecule has 0 aliphatic carbocycles. The van der Waals surface area contributed by atoms with Crippen molar-refractivity contribution in [1.82, 2.24) is 15.3 Å². The van der Waals surface area contributed by atoms with E-state index in [9.17, 15) is 14.4 Å². The third kappa shape index (κ3) is 2.37. The molecule has 0 saturated carbocycles. The standard InChI is InChI=1S/C16H11N3O4S/c20-12-6-23-16(22)13(19-12)11-7-24-15(18-11)14(21)9-5-17-10-4-2-1-3-8(9)10/h1-5,7,13,17H,6H2,(H,19,20). The number of esters is 1. The molecule has 7 nitrogen and oxygen atoms in total. The van der Waals surface area contributed by atoms with Gasteiger partial charge in [0.15, 0.2) is 17.7 Å². The Bertz CT molecular complexity index is 975. The molecule has 1 unspecified atom stereocenters. The first-order chi connectivity index (χ1) is 11.6. The number of cyclic esters (lactones) is 1. The van der Waals surface area contributed by atoms with Crippen molar-refractivity contribution in [2.45, 2.75) is 6.04 Å². The van der Waals surface area contributed by atoms with Crippen molar-refractivity contribution < 1.29 is 19.1 Å². The van der Waals surface area contributed by atoms with Crippen molar-refractivity contribution in [1.29, 1.82) is 0 Å². The lowest BCUT2D eigenvalue weighted by molar-refractivity contribution is -0.157. The highest BCUT2D eigenvalue weighted by Crippen LogP contribution is 2.25. The summed E-state index contributed by atoms with van der Waals surface area (Å²) in [5, 5.41) is 5.16. The first kappa shape index (κ1) is 14.6. The van der Waals surface area contributed by atoms with Gasteiger partial charge in [-0.25, -0.2) is 9.78 Å². The fourth-order valence-electron chi connectivity index (χ4n) is 2.57. The third-order valence-electron chi connectivity index (χ3n) is 3.73. The van der Waals surface area contributed by atoms with Crippen LogP contribution in [0.5, 0.6) is 0 Å². The van der Waals surface area contributed by atoms with E-state index in [2.05, 4.69) is 15.3 Å². The monoisotopic (exact) mass is 341 g/mol. The molecule has 1 saturated heterocycles. The molecule has 1 aliphatic heterocycles. The Kier molecular flexibility index (Phi) is 3.39.